The van der Waals surface area contributed by atoms with Gasteiger partial charge < -0.3 is 48.2 Å². The first kappa shape index (κ1) is 34.5. The minimum absolute atomic E-state index is 0.0736. The summed E-state index contributed by atoms with van der Waals surface area (Å²) in [6.07, 6.45) is 4.31. The number of carbonyl (C=O) groups excluding carboxylic acids is 3. The maximum absolute atomic E-state index is 13.9. The molecule has 0 spiro atoms. The predicted octanol–water partition coefficient (Wildman–Crippen LogP) is 1.01. The molecule has 250 valence electrons. The maximum Gasteiger partial charge on any atom is 0.326 e. The van der Waals surface area contributed by atoms with Crippen LogP contribution in [0.3, 0.4) is 0 Å². The maximum atomic E-state index is 13.9. The van der Waals surface area contributed by atoms with E-state index in [-0.39, 0.29) is 31.8 Å². The van der Waals surface area contributed by atoms with Crippen molar-refractivity contribution >= 4 is 51.5 Å². The van der Waals surface area contributed by atoms with Gasteiger partial charge in [-0.25, -0.2) is 4.79 Å². The number of guanidine groups is 1. The van der Waals surface area contributed by atoms with E-state index in [0.717, 1.165) is 32.9 Å². The highest BCUT2D eigenvalue weighted by Crippen LogP contribution is 2.21. The zero-order chi connectivity index (χ0) is 34.1. The smallest absolute Gasteiger partial charge is 0.326 e. The monoisotopic (exact) mass is 645 g/mol. The van der Waals surface area contributed by atoms with E-state index in [1.54, 1.807) is 20.0 Å². The Labute approximate surface area is 271 Å². The van der Waals surface area contributed by atoms with Crippen LogP contribution in [-0.4, -0.2) is 75.4 Å². The lowest BCUT2D eigenvalue weighted by Gasteiger charge is -2.27. The van der Waals surface area contributed by atoms with Gasteiger partial charge in [-0.05, 0) is 48.4 Å². The average molecular weight is 646 g/mol. The number of carboxylic acids is 1. The van der Waals surface area contributed by atoms with E-state index in [4.69, 9.17) is 17.2 Å². The Bertz CT molecular complexity index is 1740. The highest BCUT2D eigenvalue weighted by molar-refractivity contribution is 5.95. The van der Waals surface area contributed by atoms with Crippen LogP contribution in [0.2, 0.25) is 0 Å². The van der Waals surface area contributed by atoms with Crippen LogP contribution in [-0.2, 0) is 32.0 Å². The Morgan fingerprint density at radius 3 is 1.89 bits per heavy atom. The molecule has 4 atom stereocenters. The van der Waals surface area contributed by atoms with E-state index in [2.05, 4.69) is 30.9 Å². The lowest BCUT2D eigenvalue weighted by atomic mass is 9.99. The van der Waals surface area contributed by atoms with Crippen molar-refractivity contribution in [3.63, 3.8) is 0 Å². The molecule has 47 heavy (non-hydrogen) atoms. The van der Waals surface area contributed by atoms with Gasteiger partial charge in [0.15, 0.2) is 5.96 Å². The number of carboxylic acid groups (broad SMARTS) is 1. The molecule has 2 heterocycles. The summed E-state index contributed by atoms with van der Waals surface area (Å²) in [6, 6.07) is 10.9. The van der Waals surface area contributed by atoms with Crippen LogP contribution in [0.25, 0.3) is 21.8 Å². The number of carbonyl (C=O) groups is 4. The third-order valence-corrected chi connectivity index (χ3v) is 7.99. The lowest BCUT2D eigenvalue weighted by molar-refractivity contribution is -0.142. The van der Waals surface area contributed by atoms with Crippen molar-refractivity contribution in [3.05, 3.63) is 72.1 Å². The van der Waals surface area contributed by atoms with Gasteiger partial charge in [0.1, 0.15) is 18.1 Å². The Balaban J connectivity index is 1.51. The number of amides is 3. The van der Waals surface area contributed by atoms with Gasteiger partial charge in [-0.3, -0.25) is 19.4 Å². The fraction of sp³-hybridized carbons (Fsp3) is 0.364. The second-order valence-electron chi connectivity index (χ2n) is 11.9. The van der Waals surface area contributed by atoms with Crippen LogP contribution < -0.4 is 33.2 Å². The number of nitrogens with two attached hydrogens (primary N) is 3. The second-order valence-corrected chi connectivity index (χ2v) is 11.9. The number of aliphatic imine (C=N–C) groups is 1. The lowest BCUT2D eigenvalue weighted by Crippen LogP contribution is -2.59. The number of nitrogens with one attached hydrogen (secondary N) is 5. The fourth-order valence-electron chi connectivity index (χ4n) is 5.45. The molecule has 2 aromatic carbocycles. The Hall–Kier alpha value is -5.37. The van der Waals surface area contributed by atoms with Gasteiger partial charge in [0.2, 0.25) is 17.7 Å². The number of H-pyrrole nitrogens is 2. The summed E-state index contributed by atoms with van der Waals surface area (Å²) in [7, 11) is 0. The number of fused-ring (bicyclic) bond motifs is 2. The number of hydrogen-bond acceptors (Lipinski definition) is 6. The molecule has 0 aliphatic heterocycles. The Morgan fingerprint density at radius 2 is 1.34 bits per heavy atom. The molecule has 14 nitrogen and oxygen atoms in total. The summed E-state index contributed by atoms with van der Waals surface area (Å²) in [5.74, 6) is -3.58. The van der Waals surface area contributed by atoms with Crippen LogP contribution in [0.5, 0.6) is 0 Å². The van der Waals surface area contributed by atoms with Crippen LogP contribution in [0.4, 0.5) is 0 Å². The van der Waals surface area contributed by atoms with E-state index in [1.165, 1.54) is 0 Å². The number of nitrogens with zero attached hydrogens (tertiary/aromatic N) is 1. The van der Waals surface area contributed by atoms with Crippen molar-refractivity contribution in [2.75, 3.05) is 6.54 Å². The normalized spacial score (nSPS) is 13.9. The molecule has 0 aliphatic rings. The third-order valence-electron chi connectivity index (χ3n) is 7.99. The summed E-state index contributed by atoms with van der Waals surface area (Å²) in [5.41, 5.74) is 20.4. The zero-order valence-corrected chi connectivity index (χ0v) is 26.5. The van der Waals surface area contributed by atoms with E-state index >= 15 is 0 Å². The average Bonchev–Trinajstić information content (AvgIpc) is 3.64. The van der Waals surface area contributed by atoms with E-state index < -0.39 is 53.8 Å². The third kappa shape index (κ3) is 9.10. The number of para-hydroxylation sites is 2. The van der Waals surface area contributed by atoms with Crippen LogP contribution in [0, 0.1) is 5.92 Å². The first-order chi connectivity index (χ1) is 22.4. The molecule has 0 radical (unpaired) electrons. The topological polar surface area (TPSA) is 247 Å². The summed E-state index contributed by atoms with van der Waals surface area (Å²) in [4.78, 5) is 62.7. The Kier molecular flexibility index (Phi) is 11.6. The molecular formula is C33H43N9O5. The van der Waals surface area contributed by atoms with Crippen molar-refractivity contribution in [2.45, 2.75) is 63.7 Å². The Morgan fingerprint density at radius 1 is 0.787 bits per heavy atom. The first-order valence-electron chi connectivity index (χ1n) is 15.5. The molecule has 12 N–H and O–H groups in total. The minimum Gasteiger partial charge on any atom is -0.480 e. The second kappa shape index (κ2) is 15.8. The summed E-state index contributed by atoms with van der Waals surface area (Å²) < 4.78 is 0. The van der Waals surface area contributed by atoms with Gasteiger partial charge in [-0.2, -0.15) is 0 Å². The zero-order valence-electron chi connectivity index (χ0n) is 26.5. The molecule has 14 heteroatoms. The highest BCUT2D eigenvalue weighted by Gasteiger charge is 2.32. The van der Waals surface area contributed by atoms with Gasteiger partial charge in [0.25, 0.3) is 0 Å². The summed E-state index contributed by atoms with van der Waals surface area (Å²) in [6.45, 7) is 3.65. The number of benzene rings is 2. The SMILES string of the molecule is CC(C)C(NC(=O)C(Cc1c[nH]c2ccccc12)NC(=O)C(N)Cc1c[nH]c2ccccc12)C(=O)NC(CCCN=C(N)N)C(=O)O. The number of rotatable bonds is 16. The van der Waals surface area contributed by atoms with Gasteiger partial charge in [0.05, 0.1) is 6.04 Å². The molecule has 3 amide bonds. The van der Waals surface area contributed by atoms with Crippen molar-refractivity contribution in [1.82, 2.24) is 25.9 Å². The number of hydrogen-bond donors (Lipinski definition) is 9. The molecule has 0 saturated carbocycles. The fourth-order valence-corrected chi connectivity index (χ4v) is 5.45. The van der Waals surface area contributed by atoms with Gasteiger partial charge >= 0.3 is 5.97 Å². The van der Waals surface area contributed by atoms with E-state index in [0.29, 0.717) is 6.42 Å². The number of aliphatic carboxylic acids is 1. The van der Waals surface area contributed by atoms with Gasteiger partial charge in [0, 0.05) is 47.2 Å². The van der Waals surface area contributed by atoms with Gasteiger partial charge in [-0.15, -0.1) is 0 Å². The molecule has 0 bridgehead atoms. The van der Waals surface area contributed by atoms with Gasteiger partial charge in [-0.1, -0.05) is 50.2 Å². The van der Waals surface area contributed by atoms with Crippen molar-refractivity contribution in [1.29, 1.82) is 0 Å². The first-order valence-corrected chi connectivity index (χ1v) is 15.5. The quantitative estimate of drug-likeness (QED) is 0.0482. The molecule has 2 aromatic heterocycles. The highest BCUT2D eigenvalue weighted by atomic mass is 16.4. The molecule has 0 fully saturated rings. The number of aromatic amines is 2. The van der Waals surface area contributed by atoms with Crippen molar-refractivity contribution in [3.8, 4) is 0 Å². The molecule has 4 rings (SSSR count). The summed E-state index contributed by atoms with van der Waals surface area (Å²) in [5, 5.41) is 19.6. The molecule has 4 aromatic rings. The predicted molar refractivity (Wildman–Crippen MR) is 180 cm³/mol. The molecule has 0 aliphatic carbocycles. The van der Waals surface area contributed by atoms with E-state index in [1.807, 2.05) is 54.7 Å². The van der Waals surface area contributed by atoms with Crippen molar-refractivity contribution < 1.29 is 24.3 Å². The molecule has 4 unspecified atom stereocenters. The van der Waals surface area contributed by atoms with E-state index in [9.17, 15) is 24.3 Å². The van der Waals surface area contributed by atoms with Crippen LogP contribution in [0.15, 0.2) is 65.9 Å². The molecule has 0 saturated heterocycles. The molecular weight excluding hydrogens is 602 g/mol. The van der Waals surface area contributed by atoms with Crippen molar-refractivity contribution in [2.24, 2.45) is 28.1 Å². The van der Waals surface area contributed by atoms with Crippen LogP contribution >= 0.6 is 0 Å². The minimum atomic E-state index is -1.23. The number of aromatic nitrogens is 2. The summed E-state index contributed by atoms with van der Waals surface area (Å²) >= 11 is 0. The standard InChI is InChI=1S/C33H43N9O5/c1-18(2)28(31(45)40-26(32(46)47)12-7-13-37-33(35)36)42-30(44)27(15-20-17-39-25-11-6-4-9-22(20)25)41-29(43)23(34)14-19-16-38-24-10-5-3-8-21(19)24/h3-6,8-11,16-18,23,26-28,38-39H,7,12-15,34H2,1-2H3,(H,40,45)(H,41,43)(H,42,44)(H,46,47)(H4,35,36,37). The van der Waals surface area contributed by atoms with Crippen LogP contribution in [0.1, 0.15) is 37.8 Å². The largest absolute Gasteiger partial charge is 0.480 e.